The molecule has 0 radical (unpaired) electrons. The standard InChI is InChI=1S/C10H20N2OS.CH4S.ClH/c1-10(2,14)4-3-9(13)12-7-5-11-6-8-12;1-2;/h11,14H,3-8H2,1-2H3;2H,1H3;1H. The Kier molecular flexibility index (Phi) is 12.0. The summed E-state index contributed by atoms with van der Waals surface area (Å²) < 4.78 is -0.0380. The quantitative estimate of drug-likeness (QED) is 0.696. The lowest BCUT2D eigenvalue weighted by Crippen LogP contribution is -2.46. The van der Waals surface area contributed by atoms with E-state index in [4.69, 9.17) is 0 Å². The summed E-state index contributed by atoms with van der Waals surface area (Å²) in [6.45, 7) is 7.64. The van der Waals surface area contributed by atoms with Gasteiger partial charge >= 0.3 is 0 Å². The molecule has 1 heterocycles. The van der Waals surface area contributed by atoms with Crippen molar-refractivity contribution >= 4 is 43.6 Å². The first-order valence-electron chi connectivity index (χ1n) is 5.65. The maximum absolute atomic E-state index is 11.7. The molecule has 0 saturated carbocycles. The Morgan fingerprint density at radius 3 is 2.18 bits per heavy atom. The zero-order valence-corrected chi connectivity index (χ0v) is 13.5. The van der Waals surface area contributed by atoms with Crippen LogP contribution in [0.5, 0.6) is 0 Å². The molecule has 1 amide bonds. The Hall–Kier alpha value is 0.420. The van der Waals surface area contributed by atoms with Crippen LogP contribution in [-0.2, 0) is 4.79 Å². The molecule has 1 aliphatic rings. The molecule has 0 aliphatic carbocycles. The fraction of sp³-hybridized carbons (Fsp3) is 0.909. The summed E-state index contributed by atoms with van der Waals surface area (Å²) in [5, 5.41) is 3.23. The van der Waals surface area contributed by atoms with Gasteiger partial charge in [0.15, 0.2) is 0 Å². The van der Waals surface area contributed by atoms with Crippen molar-refractivity contribution in [3.63, 3.8) is 0 Å². The van der Waals surface area contributed by atoms with Gasteiger partial charge in [0.2, 0.25) is 5.91 Å². The van der Waals surface area contributed by atoms with Gasteiger partial charge in [-0.3, -0.25) is 4.79 Å². The first-order chi connectivity index (χ1) is 7.49. The van der Waals surface area contributed by atoms with E-state index in [-0.39, 0.29) is 23.1 Å². The van der Waals surface area contributed by atoms with Crippen molar-refractivity contribution in [2.75, 3.05) is 32.4 Å². The minimum absolute atomic E-state index is 0. The third kappa shape index (κ3) is 10.1. The SMILES string of the molecule is CC(C)(S)CCC(=O)N1CCNCC1.CS.Cl. The van der Waals surface area contributed by atoms with Gasteiger partial charge in [0.25, 0.3) is 0 Å². The predicted octanol–water partition coefficient (Wildman–Crippen LogP) is 1.87. The largest absolute Gasteiger partial charge is 0.340 e. The van der Waals surface area contributed by atoms with Gasteiger partial charge in [-0.2, -0.15) is 25.3 Å². The number of nitrogens with zero attached hydrogens (tertiary/aromatic N) is 1. The second-order valence-electron chi connectivity index (χ2n) is 4.44. The Balaban J connectivity index is 0. The molecular formula is C11H25ClN2OS2. The molecule has 0 unspecified atom stereocenters. The Labute approximate surface area is 122 Å². The van der Waals surface area contributed by atoms with Gasteiger partial charge in [-0.15, -0.1) is 12.4 Å². The minimum Gasteiger partial charge on any atom is -0.340 e. The fourth-order valence-corrected chi connectivity index (χ4v) is 1.60. The number of carbonyl (C=O) groups is 1. The van der Waals surface area contributed by atoms with Crippen molar-refractivity contribution in [3.8, 4) is 0 Å². The summed E-state index contributed by atoms with van der Waals surface area (Å²) >= 11 is 7.94. The van der Waals surface area contributed by atoms with Crippen LogP contribution in [0.1, 0.15) is 26.7 Å². The molecule has 104 valence electrons. The summed E-state index contributed by atoms with van der Waals surface area (Å²) in [6.07, 6.45) is 3.16. The number of hydrogen-bond acceptors (Lipinski definition) is 4. The molecule has 1 fully saturated rings. The highest BCUT2D eigenvalue weighted by Gasteiger charge is 2.19. The van der Waals surface area contributed by atoms with E-state index in [9.17, 15) is 4.79 Å². The second-order valence-corrected chi connectivity index (χ2v) is 5.65. The van der Waals surface area contributed by atoms with Crippen LogP contribution in [0, 0.1) is 0 Å². The summed E-state index contributed by atoms with van der Waals surface area (Å²) in [5.41, 5.74) is 0. The molecule has 3 nitrogen and oxygen atoms in total. The molecule has 1 N–H and O–H groups in total. The Morgan fingerprint density at radius 1 is 1.29 bits per heavy atom. The first kappa shape index (κ1) is 19.8. The van der Waals surface area contributed by atoms with Crippen LogP contribution in [0.15, 0.2) is 0 Å². The van der Waals surface area contributed by atoms with Crippen LogP contribution >= 0.6 is 37.7 Å². The topological polar surface area (TPSA) is 32.3 Å². The lowest BCUT2D eigenvalue weighted by molar-refractivity contribution is -0.131. The van der Waals surface area contributed by atoms with Gasteiger partial charge in [-0.25, -0.2) is 0 Å². The maximum atomic E-state index is 11.7. The van der Waals surface area contributed by atoms with Crippen molar-refractivity contribution in [1.82, 2.24) is 10.2 Å². The summed E-state index contributed by atoms with van der Waals surface area (Å²) in [7, 11) is 0. The van der Waals surface area contributed by atoms with Gasteiger partial charge in [0.05, 0.1) is 0 Å². The van der Waals surface area contributed by atoms with Gasteiger partial charge in [0.1, 0.15) is 0 Å². The van der Waals surface area contributed by atoms with Crippen molar-refractivity contribution in [2.45, 2.75) is 31.4 Å². The van der Waals surface area contributed by atoms with Gasteiger partial charge in [-0.1, -0.05) is 13.8 Å². The highest BCUT2D eigenvalue weighted by molar-refractivity contribution is 7.81. The fourth-order valence-electron chi connectivity index (χ4n) is 1.49. The van der Waals surface area contributed by atoms with E-state index in [1.807, 2.05) is 18.7 Å². The van der Waals surface area contributed by atoms with Crippen molar-refractivity contribution in [3.05, 3.63) is 0 Å². The van der Waals surface area contributed by atoms with Crippen molar-refractivity contribution in [1.29, 1.82) is 0 Å². The number of piperazine rings is 1. The third-order valence-corrected chi connectivity index (χ3v) is 2.64. The van der Waals surface area contributed by atoms with Crippen molar-refractivity contribution in [2.24, 2.45) is 0 Å². The smallest absolute Gasteiger partial charge is 0.222 e. The average molecular weight is 301 g/mol. The molecule has 17 heavy (non-hydrogen) atoms. The zero-order valence-electron chi connectivity index (χ0n) is 10.9. The molecular weight excluding hydrogens is 276 g/mol. The maximum Gasteiger partial charge on any atom is 0.222 e. The van der Waals surface area contributed by atoms with E-state index in [0.29, 0.717) is 6.42 Å². The van der Waals surface area contributed by atoms with Crippen molar-refractivity contribution < 1.29 is 4.79 Å². The third-order valence-electron chi connectivity index (χ3n) is 2.42. The van der Waals surface area contributed by atoms with Crippen LogP contribution in [0.4, 0.5) is 0 Å². The van der Waals surface area contributed by atoms with Crippen LogP contribution in [0.2, 0.25) is 0 Å². The zero-order chi connectivity index (χ0) is 12.6. The minimum atomic E-state index is -0.0380. The number of halogens is 1. The number of hydrogen-bond donors (Lipinski definition) is 3. The molecule has 1 saturated heterocycles. The van der Waals surface area contributed by atoms with E-state index < -0.39 is 0 Å². The molecule has 0 atom stereocenters. The number of rotatable bonds is 3. The summed E-state index contributed by atoms with van der Waals surface area (Å²) in [4.78, 5) is 13.6. The van der Waals surface area contributed by atoms with Crippen LogP contribution in [-0.4, -0.2) is 48.0 Å². The number of nitrogens with one attached hydrogen (secondary N) is 1. The van der Waals surface area contributed by atoms with Crippen LogP contribution in [0.25, 0.3) is 0 Å². The van der Waals surface area contributed by atoms with Crippen LogP contribution < -0.4 is 5.32 Å². The van der Waals surface area contributed by atoms with E-state index in [2.05, 4.69) is 30.6 Å². The van der Waals surface area contributed by atoms with Crippen LogP contribution in [0.3, 0.4) is 0 Å². The molecule has 1 rings (SSSR count). The van der Waals surface area contributed by atoms with E-state index in [0.717, 1.165) is 32.6 Å². The molecule has 0 aromatic heterocycles. The lowest BCUT2D eigenvalue weighted by Gasteiger charge is -2.28. The predicted molar refractivity (Wildman–Crippen MR) is 83.9 cm³/mol. The summed E-state index contributed by atoms with van der Waals surface area (Å²) in [5.74, 6) is 0.272. The molecule has 1 aliphatic heterocycles. The monoisotopic (exact) mass is 300 g/mol. The van der Waals surface area contributed by atoms with E-state index in [1.54, 1.807) is 6.26 Å². The Morgan fingerprint density at radius 2 is 1.76 bits per heavy atom. The van der Waals surface area contributed by atoms with E-state index in [1.165, 1.54) is 0 Å². The summed E-state index contributed by atoms with van der Waals surface area (Å²) in [6, 6.07) is 0. The number of carbonyl (C=O) groups excluding carboxylic acids is 1. The molecule has 6 heteroatoms. The lowest BCUT2D eigenvalue weighted by atomic mass is 10.1. The Bertz CT molecular complexity index is 204. The molecule has 0 aromatic rings. The highest BCUT2D eigenvalue weighted by atomic mass is 35.5. The van der Waals surface area contributed by atoms with Gasteiger partial charge in [0, 0.05) is 37.3 Å². The van der Waals surface area contributed by atoms with Gasteiger partial charge < -0.3 is 10.2 Å². The average Bonchev–Trinajstić information content (AvgIpc) is 2.29. The number of amides is 1. The van der Waals surface area contributed by atoms with E-state index >= 15 is 0 Å². The molecule has 0 bridgehead atoms. The number of thiol groups is 2. The normalized spacial score (nSPS) is 15.5. The molecule has 0 spiro atoms. The van der Waals surface area contributed by atoms with Gasteiger partial charge in [-0.05, 0) is 12.7 Å². The molecule has 0 aromatic carbocycles. The highest BCUT2D eigenvalue weighted by Crippen LogP contribution is 2.19. The second kappa shape index (κ2) is 10.4. The first-order valence-corrected chi connectivity index (χ1v) is 6.99.